The second-order valence-electron chi connectivity index (χ2n) is 7.06. The largest absolute Gasteiger partial charge is 0.455 e. The summed E-state index contributed by atoms with van der Waals surface area (Å²) in [6.07, 6.45) is 4.09. The zero-order valence-electron chi connectivity index (χ0n) is 15.8. The third-order valence-electron chi connectivity index (χ3n) is 5.08. The van der Waals surface area contributed by atoms with Crippen LogP contribution in [0.5, 0.6) is 0 Å². The molecule has 0 aliphatic carbocycles. The molecule has 0 saturated carbocycles. The smallest absolute Gasteiger partial charge is 0.173 e. The quantitative estimate of drug-likeness (QED) is 0.337. The summed E-state index contributed by atoms with van der Waals surface area (Å²) in [7, 11) is 0. The monoisotopic (exact) mass is 380 g/mol. The van der Waals surface area contributed by atoms with Gasteiger partial charge in [-0.3, -0.25) is 0 Å². The molecule has 3 aromatic carbocycles. The molecule has 3 heteroatoms. The molecular weight excluding hydrogens is 361 g/mol. The predicted octanol–water partition coefficient (Wildman–Crippen LogP) is 6.24. The van der Waals surface area contributed by atoms with Gasteiger partial charge in [-0.1, -0.05) is 60.7 Å². The topological polar surface area (TPSA) is 17.0 Å². The van der Waals surface area contributed by atoms with Crippen LogP contribution in [0, 0.1) is 5.82 Å². The van der Waals surface area contributed by atoms with Crippen LogP contribution in [0.1, 0.15) is 5.56 Å². The molecule has 0 amide bonds. The molecule has 2 heterocycles. The van der Waals surface area contributed by atoms with Crippen LogP contribution in [0.25, 0.3) is 33.4 Å². The first-order chi connectivity index (χ1) is 14.3. The SMILES string of the molecule is Fc1ccc2c(-c3ccccc3)c(-c3cc[n+](Cc4ccccc4)cc3)oc2c1. The van der Waals surface area contributed by atoms with Gasteiger partial charge < -0.3 is 4.42 Å². The molecule has 0 atom stereocenters. The van der Waals surface area contributed by atoms with Crippen molar-refractivity contribution in [3.8, 4) is 22.5 Å². The normalized spacial score (nSPS) is 11.1. The van der Waals surface area contributed by atoms with Gasteiger partial charge in [0.25, 0.3) is 0 Å². The van der Waals surface area contributed by atoms with Gasteiger partial charge in [-0.15, -0.1) is 0 Å². The number of hydrogen-bond acceptors (Lipinski definition) is 1. The Bertz CT molecular complexity index is 1260. The lowest BCUT2D eigenvalue weighted by molar-refractivity contribution is -0.688. The maximum atomic E-state index is 13.8. The highest BCUT2D eigenvalue weighted by Crippen LogP contribution is 2.40. The molecule has 2 aromatic heterocycles. The lowest BCUT2D eigenvalue weighted by atomic mass is 9.99. The first-order valence-electron chi connectivity index (χ1n) is 9.59. The number of rotatable bonds is 4. The summed E-state index contributed by atoms with van der Waals surface area (Å²) in [5.74, 6) is 0.454. The Labute approximate surface area is 168 Å². The number of fused-ring (bicyclic) bond motifs is 1. The number of halogens is 1. The molecule has 0 fully saturated rings. The molecule has 0 saturated heterocycles. The summed E-state index contributed by atoms with van der Waals surface area (Å²) in [5.41, 5.74) is 4.80. The fourth-order valence-corrected chi connectivity index (χ4v) is 3.67. The van der Waals surface area contributed by atoms with E-state index in [1.807, 2.05) is 60.9 Å². The van der Waals surface area contributed by atoms with Crippen LogP contribution in [-0.2, 0) is 6.54 Å². The summed E-state index contributed by atoms with van der Waals surface area (Å²) in [5, 5.41) is 0.911. The van der Waals surface area contributed by atoms with E-state index < -0.39 is 0 Å². The van der Waals surface area contributed by atoms with Crippen LogP contribution in [0.15, 0.2) is 108 Å². The Hall–Kier alpha value is -3.72. The molecule has 5 rings (SSSR count). The highest BCUT2D eigenvalue weighted by atomic mass is 19.1. The van der Waals surface area contributed by atoms with Gasteiger partial charge in [0.2, 0.25) is 0 Å². The number of aromatic nitrogens is 1. The van der Waals surface area contributed by atoms with Crippen molar-refractivity contribution in [1.29, 1.82) is 0 Å². The first-order valence-corrected chi connectivity index (χ1v) is 9.59. The van der Waals surface area contributed by atoms with Crippen molar-refractivity contribution in [1.82, 2.24) is 0 Å². The second-order valence-corrected chi connectivity index (χ2v) is 7.06. The van der Waals surface area contributed by atoms with Gasteiger partial charge in [0.1, 0.15) is 17.2 Å². The summed E-state index contributed by atoms with van der Waals surface area (Å²) in [4.78, 5) is 0. The van der Waals surface area contributed by atoms with Gasteiger partial charge in [0, 0.05) is 40.3 Å². The molecule has 29 heavy (non-hydrogen) atoms. The third kappa shape index (κ3) is 3.43. The van der Waals surface area contributed by atoms with Crippen LogP contribution < -0.4 is 4.57 Å². The Balaban J connectivity index is 1.59. The predicted molar refractivity (Wildman–Crippen MR) is 113 cm³/mol. The third-order valence-corrected chi connectivity index (χ3v) is 5.08. The summed E-state index contributed by atoms with van der Waals surface area (Å²) < 4.78 is 22.0. The molecule has 0 aliphatic heterocycles. The zero-order valence-corrected chi connectivity index (χ0v) is 15.8. The number of nitrogens with zero attached hydrogens (tertiary/aromatic N) is 1. The molecule has 0 unspecified atom stereocenters. The maximum absolute atomic E-state index is 13.8. The van der Waals surface area contributed by atoms with Gasteiger partial charge >= 0.3 is 0 Å². The summed E-state index contributed by atoms with van der Waals surface area (Å²) in [6, 6.07) is 29.2. The Morgan fingerprint density at radius 3 is 2.14 bits per heavy atom. The van der Waals surface area contributed by atoms with E-state index in [1.54, 1.807) is 6.07 Å². The Kier molecular flexibility index (Phi) is 4.41. The van der Waals surface area contributed by atoms with Gasteiger partial charge in [-0.05, 0) is 17.7 Å². The van der Waals surface area contributed by atoms with Crippen LogP contribution in [-0.4, -0.2) is 0 Å². The van der Waals surface area contributed by atoms with E-state index in [4.69, 9.17) is 4.42 Å². The Morgan fingerprint density at radius 2 is 1.41 bits per heavy atom. The van der Waals surface area contributed by atoms with E-state index in [-0.39, 0.29) is 5.82 Å². The van der Waals surface area contributed by atoms with E-state index in [0.717, 1.165) is 34.4 Å². The van der Waals surface area contributed by atoms with E-state index in [1.165, 1.54) is 17.7 Å². The second kappa shape index (κ2) is 7.36. The van der Waals surface area contributed by atoms with Crippen molar-refractivity contribution in [2.75, 3.05) is 0 Å². The first kappa shape index (κ1) is 17.4. The highest BCUT2D eigenvalue weighted by molar-refractivity contribution is 6.01. The van der Waals surface area contributed by atoms with Gasteiger partial charge in [0.15, 0.2) is 18.9 Å². The number of hydrogen-bond donors (Lipinski definition) is 0. The lowest BCUT2D eigenvalue weighted by Gasteiger charge is -2.04. The van der Waals surface area contributed by atoms with E-state index in [9.17, 15) is 4.39 Å². The number of benzene rings is 3. The zero-order chi connectivity index (χ0) is 19.6. The van der Waals surface area contributed by atoms with E-state index in [2.05, 4.69) is 28.8 Å². The van der Waals surface area contributed by atoms with Crippen molar-refractivity contribution < 1.29 is 13.4 Å². The van der Waals surface area contributed by atoms with Crippen molar-refractivity contribution in [2.45, 2.75) is 6.54 Å². The highest BCUT2D eigenvalue weighted by Gasteiger charge is 2.19. The van der Waals surface area contributed by atoms with Crippen molar-refractivity contribution in [2.24, 2.45) is 0 Å². The molecule has 5 aromatic rings. The van der Waals surface area contributed by atoms with E-state index in [0.29, 0.717) is 5.58 Å². The summed E-state index contributed by atoms with van der Waals surface area (Å²) >= 11 is 0. The fraction of sp³-hybridized carbons (Fsp3) is 0.0385. The summed E-state index contributed by atoms with van der Waals surface area (Å²) in [6.45, 7) is 0.804. The molecule has 0 bridgehead atoms. The van der Waals surface area contributed by atoms with Crippen molar-refractivity contribution >= 4 is 11.0 Å². The lowest BCUT2D eigenvalue weighted by Crippen LogP contribution is -2.32. The molecular formula is C26H19FNO+. The molecule has 0 aliphatic rings. The van der Waals surface area contributed by atoms with Crippen LogP contribution in [0.2, 0.25) is 0 Å². The maximum Gasteiger partial charge on any atom is 0.173 e. The van der Waals surface area contributed by atoms with E-state index >= 15 is 0 Å². The minimum absolute atomic E-state index is 0.300. The van der Waals surface area contributed by atoms with Crippen molar-refractivity contribution in [3.05, 3.63) is 115 Å². The van der Waals surface area contributed by atoms with Gasteiger partial charge in [-0.2, -0.15) is 0 Å². The molecule has 140 valence electrons. The standard InChI is InChI=1S/C26H19FNO/c27-22-11-12-23-24(17-22)29-26(25(23)20-9-5-2-6-10-20)21-13-15-28(16-14-21)18-19-7-3-1-4-8-19/h1-17H,18H2/q+1. The molecule has 0 N–H and O–H groups in total. The Morgan fingerprint density at radius 1 is 0.724 bits per heavy atom. The van der Waals surface area contributed by atoms with Crippen LogP contribution in [0.4, 0.5) is 4.39 Å². The molecule has 0 radical (unpaired) electrons. The van der Waals surface area contributed by atoms with Crippen LogP contribution >= 0.6 is 0 Å². The molecule has 2 nitrogen and oxygen atoms in total. The van der Waals surface area contributed by atoms with Gasteiger partial charge in [0.05, 0.1) is 0 Å². The minimum atomic E-state index is -0.300. The van der Waals surface area contributed by atoms with Gasteiger partial charge in [-0.25, -0.2) is 8.96 Å². The average Bonchev–Trinajstić information content (AvgIpc) is 3.14. The minimum Gasteiger partial charge on any atom is -0.455 e. The number of furan rings is 1. The van der Waals surface area contributed by atoms with Crippen LogP contribution in [0.3, 0.4) is 0 Å². The average molecular weight is 380 g/mol. The fourth-order valence-electron chi connectivity index (χ4n) is 3.67. The molecule has 0 spiro atoms. The number of pyridine rings is 1. The van der Waals surface area contributed by atoms with Crippen molar-refractivity contribution in [3.63, 3.8) is 0 Å².